The van der Waals surface area contributed by atoms with E-state index in [2.05, 4.69) is 29.3 Å². The fraction of sp³-hybridized carbons (Fsp3) is 0.435. The van der Waals surface area contributed by atoms with Gasteiger partial charge in [0.2, 0.25) is 5.91 Å². The normalized spacial score (nSPS) is 11.6. The highest BCUT2D eigenvalue weighted by molar-refractivity contribution is 7.71. The van der Waals surface area contributed by atoms with Gasteiger partial charge in [-0.3, -0.25) is 4.79 Å². The quantitative estimate of drug-likeness (QED) is 0.221. The minimum absolute atomic E-state index is 0.0383. The number of nitrogens with one attached hydrogen (secondary N) is 2. The monoisotopic (exact) mass is 443 g/mol. The average molecular weight is 444 g/mol. The smallest absolute Gasteiger partial charge is 0.250 e. The lowest BCUT2D eigenvalue weighted by molar-refractivity contribution is -0.132. The molecule has 0 aliphatic heterocycles. The number of unbranched alkanes of at least 4 members (excludes halogenated alkanes) is 2. The highest BCUT2D eigenvalue weighted by Crippen LogP contribution is 2.27. The molecule has 1 atom stereocenters. The van der Waals surface area contributed by atoms with Crippen molar-refractivity contribution in [1.29, 1.82) is 0 Å². The van der Waals surface area contributed by atoms with E-state index in [9.17, 15) is 4.79 Å². The minimum atomic E-state index is -0.638. The van der Waals surface area contributed by atoms with Gasteiger partial charge in [-0.15, -0.1) is 0 Å². The molecule has 0 saturated heterocycles. The molecule has 1 aromatic carbocycles. The molecule has 0 bridgehead atoms. The highest BCUT2D eigenvalue weighted by atomic mass is 32.1. The van der Waals surface area contributed by atoms with E-state index >= 15 is 0 Å². The van der Waals surface area contributed by atoms with Crippen molar-refractivity contribution < 1.29 is 9.53 Å². The van der Waals surface area contributed by atoms with Gasteiger partial charge in [0.1, 0.15) is 28.9 Å². The Bertz CT molecular complexity index is 944. The zero-order chi connectivity index (χ0) is 22.8. The van der Waals surface area contributed by atoms with Crippen LogP contribution in [0.5, 0.6) is 5.75 Å². The molecule has 1 heterocycles. The van der Waals surface area contributed by atoms with Crippen molar-refractivity contribution in [3.05, 3.63) is 59.0 Å². The maximum absolute atomic E-state index is 13.6. The summed E-state index contributed by atoms with van der Waals surface area (Å²) in [5, 5.41) is 0. The summed E-state index contributed by atoms with van der Waals surface area (Å²) in [6.45, 7) is 8.81. The molecule has 7 nitrogen and oxygen atoms in total. The number of carbonyl (C=O) groups excluding carboxylic acids is 1. The van der Waals surface area contributed by atoms with Crippen molar-refractivity contribution in [2.24, 2.45) is 0 Å². The van der Waals surface area contributed by atoms with Crippen molar-refractivity contribution >= 4 is 23.9 Å². The van der Waals surface area contributed by atoms with Gasteiger partial charge in [0.25, 0.3) is 0 Å². The molecule has 0 fully saturated rings. The third-order valence-electron chi connectivity index (χ3n) is 4.99. The van der Waals surface area contributed by atoms with Crippen LogP contribution in [0.15, 0.2) is 43.2 Å². The van der Waals surface area contributed by atoms with Crippen molar-refractivity contribution in [2.45, 2.75) is 39.2 Å². The number of amides is 1. The van der Waals surface area contributed by atoms with Crippen molar-refractivity contribution in [3.8, 4) is 5.75 Å². The number of hydrogen-bond donors (Lipinski definition) is 2. The third-order valence-corrected chi connectivity index (χ3v) is 5.51. The summed E-state index contributed by atoms with van der Waals surface area (Å²) in [6, 6.07) is 6.90. The Morgan fingerprint density at radius 1 is 1.42 bits per heavy atom. The molecule has 0 aliphatic carbocycles. The Labute approximate surface area is 190 Å². The van der Waals surface area contributed by atoms with E-state index in [0.29, 0.717) is 29.4 Å². The second-order valence-corrected chi connectivity index (χ2v) is 7.73. The molecule has 0 saturated carbocycles. The fourth-order valence-electron chi connectivity index (χ4n) is 3.26. The van der Waals surface area contributed by atoms with Crippen LogP contribution in [-0.4, -0.2) is 47.6 Å². The SMILES string of the molecule is C=CCOc1cccc(C(C(=O)N(C)CCCCC)n2cnc(NNC)c(C)c2=S)c1. The number of hydrazine groups is 1. The number of likely N-dealkylation sites (N-methyl/N-ethyl adjacent to an activating group) is 1. The van der Waals surface area contributed by atoms with Crippen molar-refractivity contribution in [3.63, 3.8) is 0 Å². The van der Waals surface area contributed by atoms with Crippen LogP contribution in [0.4, 0.5) is 5.82 Å². The molecule has 2 rings (SSSR count). The minimum Gasteiger partial charge on any atom is -0.490 e. The number of nitrogens with zero attached hydrogens (tertiary/aromatic N) is 3. The number of ether oxygens (including phenoxy) is 1. The summed E-state index contributed by atoms with van der Waals surface area (Å²) in [5.41, 5.74) is 7.42. The first kappa shape index (κ1) is 24.6. The molecule has 2 aromatic rings. The second-order valence-electron chi connectivity index (χ2n) is 7.35. The van der Waals surface area contributed by atoms with Gasteiger partial charge in [0.15, 0.2) is 0 Å². The predicted octanol–water partition coefficient (Wildman–Crippen LogP) is 4.27. The van der Waals surface area contributed by atoms with E-state index in [1.165, 1.54) is 0 Å². The third kappa shape index (κ3) is 6.38. The van der Waals surface area contributed by atoms with Crippen LogP contribution in [0.1, 0.15) is 43.4 Å². The number of aromatic nitrogens is 2. The average Bonchev–Trinajstić information content (AvgIpc) is 2.77. The van der Waals surface area contributed by atoms with E-state index < -0.39 is 6.04 Å². The lowest BCUT2D eigenvalue weighted by Crippen LogP contribution is -2.36. The molecule has 1 unspecified atom stereocenters. The largest absolute Gasteiger partial charge is 0.490 e. The zero-order valence-electron chi connectivity index (χ0n) is 18.9. The standard InChI is InChI=1S/C23H33N5O2S/c1-6-8-9-13-27(5)22(29)20(18-11-10-12-19(15-18)30-14-7-2)28-16-25-21(26-24-4)17(3)23(28)31/h7,10-12,15-16,20,24,26H,2,6,8-9,13-14H2,1,3-5H3. The maximum Gasteiger partial charge on any atom is 0.250 e. The van der Waals surface area contributed by atoms with Crippen LogP contribution in [0.2, 0.25) is 0 Å². The van der Waals surface area contributed by atoms with Gasteiger partial charge in [-0.25, -0.2) is 10.4 Å². The fourth-order valence-corrected chi connectivity index (χ4v) is 3.51. The van der Waals surface area contributed by atoms with E-state index in [4.69, 9.17) is 17.0 Å². The maximum atomic E-state index is 13.6. The van der Waals surface area contributed by atoms with Gasteiger partial charge in [-0.1, -0.05) is 56.8 Å². The molecule has 8 heteroatoms. The number of hydrogen-bond acceptors (Lipinski definition) is 6. The van der Waals surface area contributed by atoms with Crippen LogP contribution >= 0.6 is 12.2 Å². The topological polar surface area (TPSA) is 71.4 Å². The van der Waals surface area contributed by atoms with E-state index in [1.54, 1.807) is 28.9 Å². The first-order valence-electron chi connectivity index (χ1n) is 10.5. The van der Waals surface area contributed by atoms with Crippen LogP contribution < -0.4 is 15.6 Å². The number of carbonyl (C=O) groups is 1. The lowest BCUT2D eigenvalue weighted by atomic mass is 10.0. The van der Waals surface area contributed by atoms with Gasteiger partial charge < -0.3 is 19.6 Å². The summed E-state index contributed by atoms with van der Waals surface area (Å²) in [7, 11) is 3.60. The summed E-state index contributed by atoms with van der Waals surface area (Å²) < 4.78 is 8.00. The molecule has 0 aliphatic rings. The Hall–Kier alpha value is -2.71. The summed E-state index contributed by atoms with van der Waals surface area (Å²) >= 11 is 5.73. The predicted molar refractivity (Wildman–Crippen MR) is 128 cm³/mol. The molecule has 1 amide bonds. The Kier molecular flexibility index (Phi) is 9.68. The van der Waals surface area contributed by atoms with Crippen molar-refractivity contribution in [1.82, 2.24) is 19.9 Å². The van der Waals surface area contributed by atoms with Crippen LogP contribution in [0, 0.1) is 11.6 Å². The Balaban J connectivity index is 2.51. The molecule has 1 aromatic heterocycles. The number of rotatable bonds is 12. The Morgan fingerprint density at radius 3 is 2.87 bits per heavy atom. The molecule has 168 valence electrons. The molecule has 2 N–H and O–H groups in total. The van der Waals surface area contributed by atoms with E-state index in [1.807, 2.05) is 38.2 Å². The van der Waals surface area contributed by atoms with Gasteiger partial charge in [-0.2, -0.15) is 0 Å². The summed E-state index contributed by atoms with van der Waals surface area (Å²) in [4.78, 5) is 19.8. The Morgan fingerprint density at radius 2 is 2.19 bits per heavy atom. The summed E-state index contributed by atoms with van der Waals surface area (Å²) in [6.07, 6.45) is 6.45. The highest BCUT2D eigenvalue weighted by Gasteiger charge is 2.27. The molecular weight excluding hydrogens is 410 g/mol. The molecule has 0 spiro atoms. The first-order valence-corrected chi connectivity index (χ1v) is 10.9. The van der Waals surface area contributed by atoms with Crippen molar-refractivity contribution in [2.75, 3.05) is 32.7 Å². The number of benzene rings is 1. The second kappa shape index (κ2) is 12.2. The van der Waals surface area contributed by atoms with Crippen LogP contribution in [-0.2, 0) is 4.79 Å². The van der Waals surface area contributed by atoms with Gasteiger partial charge >= 0.3 is 0 Å². The van der Waals surface area contributed by atoms with Crippen LogP contribution in [0.25, 0.3) is 0 Å². The summed E-state index contributed by atoms with van der Waals surface area (Å²) in [5.74, 6) is 1.27. The molecular formula is C23H33N5O2S. The van der Waals surface area contributed by atoms with E-state index in [-0.39, 0.29) is 5.91 Å². The molecule has 31 heavy (non-hydrogen) atoms. The zero-order valence-corrected chi connectivity index (χ0v) is 19.7. The van der Waals surface area contributed by atoms with Gasteiger partial charge in [0.05, 0.1) is 6.33 Å². The lowest BCUT2D eigenvalue weighted by Gasteiger charge is -2.27. The first-order chi connectivity index (χ1) is 14.9. The van der Waals surface area contributed by atoms with Crippen LogP contribution in [0.3, 0.4) is 0 Å². The van der Waals surface area contributed by atoms with E-state index in [0.717, 1.165) is 30.4 Å². The van der Waals surface area contributed by atoms with Gasteiger partial charge in [0, 0.05) is 26.2 Å². The van der Waals surface area contributed by atoms with Gasteiger partial charge in [-0.05, 0) is 31.0 Å². The molecule has 0 radical (unpaired) electrons. The number of anilines is 1.